The van der Waals surface area contributed by atoms with E-state index in [9.17, 15) is 9.90 Å². The number of rotatable bonds is 4. The lowest BCUT2D eigenvalue weighted by molar-refractivity contribution is 0.0309. The third kappa shape index (κ3) is 3.40. The van der Waals surface area contributed by atoms with Crippen LogP contribution in [0.1, 0.15) is 31.3 Å². The molecule has 1 rings (SSSR count). The Morgan fingerprint density at radius 2 is 2.06 bits per heavy atom. The summed E-state index contributed by atoms with van der Waals surface area (Å²) in [5, 5.41) is 10.5. The molecular formula is C12H18Cl2N2O2. The molecular weight excluding hydrogens is 275 g/mol. The Balaban J connectivity index is 3.01. The quantitative estimate of drug-likeness (QED) is 0.927. The summed E-state index contributed by atoms with van der Waals surface area (Å²) in [5.74, 6) is -0.198. The van der Waals surface area contributed by atoms with Gasteiger partial charge in [0.05, 0.1) is 10.6 Å². The van der Waals surface area contributed by atoms with Crippen molar-refractivity contribution in [3.8, 4) is 0 Å². The van der Waals surface area contributed by atoms with Gasteiger partial charge in [-0.15, -0.1) is 0 Å². The molecule has 0 spiro atoms. The van der Waals surface area contributed by atoms with Gasteiger partial charge in [0, 0.05) is 20.1 Å². The van der Waals surface area contributed by atoms with Crippen LogP contribution in [0.15, 0.2) is 6.07 Å². The zero-order valence-corrected chi connectivity index (χ0v) is 12.5. The third-order valence-electron chi connectivity index (χ3n) is 2.58. The Labute approximate surface area is 117 Å². The van der Waals surface area contributed by atoms with Crippen LogP contribution in [0.5, 0.6) is 0 Å². The number of carbonyl (C=O) groups is 1. The summed E-state index contributed by atoms with van der Waals surface area (Å²) in [7, 11) is 1.68. The van der Waals surface area contributed by atoms with E-state index >= 15 is 0 Å². The second kappa shape index (κ2) is 5.51. The smallest absolute Gasteiger partial charge is 0.270 e. The minimum absolute atomic E-state index is 0.198. The molecule has 0 aromatic carbocycles. The second-order valence-electron chi connectivity index (χ2n) is 4.86. The van der Waals surface area contributed by atoms with Crippen molar-refractivity contribution in [3.63, 3.8) is 0 Å². The maximum absolute atomic E-state index is 12.3. The van der Waals surface area contributed by atoms with Gasteiger partial charge in [0.15, 0.2) is 0 Å². The standard InChI is InChI=1S/C12H18Cl2N2O2/c1-5-16(7-12(2,3)18)11(17)9-6-8(13)10(14)15(9)4/h6,18H,5,7H2,1-4H3. The average molecular weight is 293 g/mol. The van der Waals surface area contributed by atoms with Crippen LogP contribution in [0.2, 0.25) is 10.2 Å². The highest BCUT2D eigenvalue weighted by Gasteiger charge is 2.25. The number of aliphatic hydroxyl groups is 1. The lowest BCUT2D eigenvalue weighted by atomic mass is 10.1. The molecule has 0 fully saturated rings. The van der Waals surface area contributed by atoms with Gasteiger partial charge >= 0.3 is 0 Å². The monoisotopic (exact) mass is 292 g/mol. The molecule has 0 unspecified atom stereocenters. The second-order valence-corrected chi connectivity index (χ2v) is 5.62. The molecule has 6 heteroatoms. The van der Waals surface area contributed by atoms with Gasteiger partial charge in [-0.25, -0.2) is 0 Å². The number of carbonyl (C=O) groups excluding carboxylic acids is 1. The molecule has 4 nitrogen and oxygen atoms in total. The SMILES string of the molecule is CCN(CC(C)(C)O)C(=O)c1cc(Cl)c(Cl)n1C. The van der Waals surface area contributed by atoms with E-state index in [0.29, 0.717) is 22.4 Å². The first kappa shape index (κ1) is 15.3. The Bertz CT molecular complexity index is 450. The Hall–Kier alpha value is -0.710. The Morgan fingerprint density at radius 1 is 1.50 bits per heavy atom. The fraction of sp³-hybridized carbons (Fsp3) is 0.583. The summed E-state index contributed by atoms with van der Waals surface area (Å²) in [6.45, 7) is 5.93. The summed E-state index contributed by atoms with van der Waals surface area (Å²) in [5.41, 5.74) is -0.527. The Kier molecular flexibility index (Phi) is 4.70. The van der Waals surface area contributed by atoms with Crippen LogP contribution >= 0.6 is 23.2 Å². The van der Waals surface area contributed by atoms with Crippen LogP contribution in [-0.2, 0) is 7.05 Å². The summed E-state index contributed by atoms with van der Waals surface area (Å²) >= 11 is 11.8. The van der Waals surface area contributed by atoms with E-state index in [4.69, 9.17) is 23.2 Å². The van der Waals surface area contributed by atoms with Crippen molar-refractivity contribution in [2.75, 3.05) is 13.1 Å². The largest absolute Gasteiger partial charge is 0.389 e. The topological polar surface area (TPSA) is 45.5 Å². The molecule has 0 radical (unpaired) electrons. The molecule has 1 amide bonds. The molecule has 0 saturated heterocycles. The van der Waals surface area contributed by atoms with Crippen molar-refractivity contribution in [2.24, 2.45) is 7.05 Å². The van der Waals surface area contributed by atoms with E-state index in [1.165, 1.54) is 0 Å². The highest BCUT2D eigenvalue weighted by Crippen LogP contribution is 2.26. The van der Waals surface area contributed by atoms with Crippen LogP contribution in [0.3, 0.4) is 0 Å². The number of aromatic nitrogens is 1. The molecule has 1 aromatic rings. The number of halogens is 2. The van der Waals surface area contributed by atoms with E-state index in [1.54, 1.807) is 36.4 Å². The van der Waals surface area contributed by atoms with E-state index in [0.717, 1.165) is 0 Å². The molecule has 0 atom stereocenters. The average Bonchev–Trinajstić information content (AvgIpc) is 2.51. The summed E-state index contributed by atoms with van der Waals surface area (Å²) < 4.78 is 1.54. The summed E-state index contributed by atoms with van der Waals surface area (Å²) in [6.07, 6.45) is 0. The van der Waals surface area contributed by atoms with Gasteiger partial charge in [-0.3, -0.25) is 4.79 Å². The molecule has 18 heavy (non-hydrogen) atoms. The summed E-state index contributed by atoms with van der Waals surface area (Å²) in [4.78, 5) is 13.9. The number of hydrogen-bond donors (Lipinski definition) is 1. The predicted octanol–water partition coefficient (Wildman–Crippen LogP) is 2.56. The van der Waals surface area contributed by atoms with Crippen molar-refractivity contribution >= 4 is 29.1 Å². The lowest BCUT2D eigenvalue weighted by Gasteiger charge is -2.28. The van der Waals surface area contributed by atoms with Gasteiger partial charge in [-0.05, 0) is 26.8 Å². The van der Waals surface area contributed by atoms with Crippen LogP contribution in [0.4, 0.5) is 0 Å². The molecule has 0 aliphatic rings. The molecule has 102 valence electrons. The fourth-order valence-electron chi connectivity index (χ4n) is 1.70. The van der Waals surface area contributed by atoms with Crippen LogP contribution < -0.4 is 0 Å². The predicted molar refractivity (Wildman–Crippen MR) is 73.3 cm³/mol. The van der Waals surface area contributed by atoms with Gasteiger partial charge in [-0.1, -0.05) is 23.2 Å². The van der Waals surface area contributed by atoms with E-state index in [1.807, 2.05) is 6.92 Å². The molecule has 0 aliphatic carbocycles. The number of amides is 1. The lowest BCUT2D eigenvalue weighted by Crippen LogP contribution is -2.42. The van der Waals surface area contributed by atoms with Gasteiger partial charge in [-0.2, -0.15) is 0 Å². The van der Waals surface area contributed by atoms with Crippen molar-refractivity contribution in [2.45, 2.75) is 26.4 Å². The third-order valence-corrected chi connectivity index (χ3v) is 3.42. The number of hydrogen-bond acceptors (Lipinski definition) is 2. The molecule has 1 aromatic heterocycles. The zero-order chi connectivity index (χ0) is 14.1. The Morgan fingerprint density at radius 3 is 2.39 bits per heavy atom. The number of likely N-dealkylation sites (N-methyl/N-ethyl adjacent to an activating group) is 1. The van der Waals surface area contributed by atoms with Crippen molar-refractivity contribution in [1.29, 1.82) is 0 Å². The number of nitrogens with zero attached hydrogens (tertiary/aromatic N) is 2. The molecule has 0 bridgehead atoms. The first-order valence-electron chi connectivity index (χ1n) is 5.69. The maximum atomic E-state index is 12.3. The van der Waals surface area contributed by atoms with E-state index in [2.05, 4.69) is 0 Å². The van der Waals surface area contributed by atoms with Gasteiger partial charge in [0.1, 0.15) is 10.8 Å². The molecule has 1 N–H and O–H groups in total. The minimum Gasteiger partial charge on any atom is -0.389 e. The highest BCUT2D eigenvalue weighted by atomic mass is 35.5. The first-order valence-corrected chi connectivity index (χ1v) is 6.45. The fourth-order valence-corrected chi connectivity index (χ4v) is 2.08. The molecule has 1 heterocycles. The van der Waals surface area contributed by atoms with Crippen LogP contribution in [0.25, 0.3) is 0 Å². The van der Waals surface area contributed by atoms with Crippen molar-refractivity contribution in [3.05, 3.63) is 21.9 Å². The first-order chi connectivity index (χ1) is 8.17. The van der Waals surface area contributed by atoms with Gasteiger partial charge in [0.25, 0.3) is 5.91 Å². The van der Waals surface area contributed by atoms with Crippen molar-refractivity contribution < 1.29 is 9.90 Å². The molecule has 0 aliphatic heterocycles. The molecule has 0 saturated carbocycles. The van der Waals surface area contributed by atoms with E-state index in [-0.39, 0.29) is 12.5 Å². The van der Waals surface area contributed by atoms with Gasteiger partial charge < -0.3 is 14.6 Å². The highest BCUT2D eigenvalue weighted by molar-refractivity contribution is 6.41. The normalized spacial score (nSPS) is 11.7. The van der Waals surface area contributed by atoms with Crippen LogP contribution in [-0.4, -0.2) is 39.2 Å². The van der Waals surface area contributed by atoms with E-state index < -0.39 is 5.60 Å². The van der Waals surface area contributed by atoms with Crippen LogP contribution in [0, 0.1) is 0 Å². The van der Waals surface area contributed by atoms with Gasteiger partial charge in [0.2, 0.25) is 0 Å². The maximum Gasteiger partial charge on any atom is 0.270 e. The minimum atomic E-state index is -0.940. The zero-order valence-electron chi connectivity index (χ0n) is 11.0. The van der Waals surface area contributed by atoms with Crippen molar-refractivity contribution in [1.82, 2.24) is 9.47 Å². The summed E-state index contributed by atoms with van der Waals surface area (Å²) in [6, 6.07) is 1.54.